The van der Waals surface area contributed by atoms with Crippen LogP contribution in [0.1, 0.15) is 31.4 Å². The minimum Gasteiger partial charge on any atom is -0.481 e. The van der Waals surface area contributed by atoms with Gasteiger partial charge in [0.2, 0.25) is 0 Å². The van der Waals surface area contributed by atoms with Crippen LogP contribution in [0.2, 0.25) is 0 Å². The first-order valence-electron chi connectivity index (χ1n) is 9.88. The maximum absolute atomic E-state index is 14.6. The van der Waals surface area contributed by atoms with Gasteiger partial charge in [0.05, 0.1) is 24.0 Å². The number of halogens is 2. The number of carbonyl (C=O) groups is 1. The highest BCUT2D eigenvalue weighted by molar-refractivity contribution is 5.91. The van der Waals surface area contributed by atoms with E-state index in [4.69, 9.17) is 0 Å². The predicted octanol–water partition coefficient (Wildman–Crippen LogP) is 3.98. The Morgan fingerprint density at radius 2 is 1.90 bits per heavy atom. The predicted molar refractivity (Wildman–Crippen MR) is 101 cm³/mol. The van der Waals surface area contributed by atoms with E-state index >= 15 is 0 Å². The molecule has 0 unspecified atom stereocenters. The number of nitrogens with one attached hydrogen (secondary N) is 1. The summed E-state index contributed by atoms with van der Waals surface area (Å²) >= 11 is 0. The average Bonchev–Trinajstić information content (AvgIpc) is 3.13. The van der Waals surface area contributed by atoms with Crippen LogP contribution in [0, 0.1) is 35.3 Å². The van der Waals surface area contributed by atoms with E-state index in [1.807, 2.05) is 0 Å². The molecule has 29 heavy (non-hydrogen) atoms. The largest absolute Gasteiger partial charge is 0.481 e. The molecule has 2 bridgehead atoms. The fraction of sp³-hybridized carbons (Fsp3) is 0.429. The number of hydrogen-bond donors (Lipinski definition) is 2. The van der Waals surface area contributed by atoms with Crippen molar-refractivity contribution in [1.29, 1.82) is 0 Å². The van der Waals surface area contributed by atoms with Gasteiger partial charge >= 0.3 is 5.97 Å². The van der Waals surface area contributed by atoms with Gasteiger partial charge in [-0.25, -0.2) is 23.7 Å². The summed E-state index contributed by atoms with van der Waals surface area (Å²) in [5, 5.41) is 10.3. The molecule has 3 fully saturated rings. The number of rotatable bonds is 4. The van der Waals surface area contributed by atoms with Crippen LogP contribution in [-0.4, -0.2) is 31.0 Å². The summed E-state index contributed by atoms with van der Waals surface area (Å²) in [6, 6.07) is 1.33. The second-order valence-electron chi connectivity index (χ2n) is 8.15. The Kier molecular flexibility index (Phi) is 4.29. The normalized spacial score (nSPS) is 26.1. The first-order valence-corrected chi connectivity index (χ1v) is 9.88. The first kappa shape index (κ1) is 18.1. The quantitative estimate of drug-likeness (QED) is 0.694. The number of nitrogens with zero attached hydrogens (tertiary/aromatic N) is 3. The maximum atomic E-state index is 14.6. The van der Waals surface area contributed by atoms with Crippen LogP contribution >= 0.6 is 0 Å². The van der Waals surface area contributed by atoms with E-state index in [1.165, 1.54) is 6.07 Å². The van der Waals surface area contributed by atoms with E-state index in [0.717, 1.165) is 38.1 Å². The Morgan fingerprint density at radius 1 is 1.14 bits per heavy atom. The van der Waals surface area contributed by atoms with Gasteiger partial charge in [-0.05, 0) is 55.9 Å². The van der Waals surface area contributed by atoms with E-state index in [1.54, 1.807) is 6.20 Å². The molecule has 2 atom stereocenters. The van der Waals surface area contributed by atoms with E-state index in [2.05, 4.69) is 19.9 Å². The van der Waals surface area contributed by atoms with Crippen molar-refractivity contribution in [3.8, 4) is 11.4 Å². The van der Waals surface area contributed by atoms with Crippen LogP contribution in [0.5, 0.6) is 0 Å². The van der Waals surface area contributed by atoms with Gasteiger partial charge in [-0.3, -0.25) is 4.79 Å². The molecule has 0 saturated heterocycles. The standard InChI is InChI=1S/C21H20F2N4O2/c22-12-5-14-15(8-25-19(14)24-7-12)20-26-9-16(23)17(27-20)6-13-10-1-3-11(4-2-10)18(13)21(28)29/h5,7-11,13,18H,1-4,6H2,(H,24,25)(H,28,29)/t10?,11?,13-,18-/m1/s1. The Bertz CT molecular complexity index is 1090. The molecule has 2 N–H and O–H groups in total. The lowest BCUT2D eigenvalue weighted by Gasteiger charge is -2.46. The van der Waals surface area contributed by atoms with Crippen molar-refractivity contribution < 1.29 is 18.7 Å². The number of aromatic nitrogens is 4. The van der Waals surface area contributed by atoms with Gasteiger partial charge in [0.25, 0.3) is 0 Å². The molecule has 0 amide bonds. The van der Waals surface area contributed by atoms with Crippen molar-refractivity contribution in [3.05, 3.63) is 42.0 Å². The smallest absolute Gasteiger partial charge is 0.307 e. The third-order valence-corrected chi connectivity index (χ3v) is 6.66. The molecule has 3 saturated carbocycles. The van der Waals surface area contributed by atoms with Gasteiger partial charge < -0.3 is 10.1 Å². The number of pyridine rings is 1. The molecule has 0 radical (unpaired) electrons. The van der Waals surface area contributed by atoms with Crippen molar-refractivity contribution in [1.82, 2.24) is 19.9 Å². The summed E-state index contributed by atoms with van der Waals surface area (Å²) in [6.45, 7) is 0. The minimum absolute atomic E-state index is 0.126. The van der Waals surface area contributed by atoms with Crippen LogP contribution in [-0.2, 0) is 11.2 Å². The zero-order valence-electron chi connectivity index (χ0n) is 15.6. The third-order valence-electron chi connectivity index (χ3n) is 6.66. The number of carboxylic acid groups (broad SMARTS) is 1. The fourth-order valence-corrected chi connectivity index (χ4v) is 5.31. The lowest BCUT2D eigenvalue weighted by Crippen LogP contribution is -2.45. The van der Waals surface area contributed by atoms with Crippen molar-refractivity contribution in [2.24, 2.45) is 23.7 Å². The van der Waals surface area contributed by atoms with Gasteiger partial charge in [-0.2, -0.15) is 0 Å². The Hall–Kier alpha value is -2.90. The van der Waals surface area contributed by atoms with Crippen LogP contribution in [0.15, 0.2) is 24.7 Å². The molecular weight excluding hydrogens is 378 g/mol. The van der Waals surface area contributed by atoms with Crippen LogP contribution in [0.3, 0.4) is 0 Å². The van der Waals surface area contributed by atoms with E-state index in [0.29, 0.717) is 16.6 Å². The maximum Gasteiger partial charge on any atom is 0.307 e. The molecule has 0 spiro atoms. The number of carboxylic acids is 1. The zero-order chi connectivity index (χ0) is 20.1. The van der Waals surface area contributed by atoms with Crippen molar-refractivity contribution in [2.45, 2.75) is 32.1 Å². The number of H-pyrrole nitrogens is 1. The molecule has 3 aromatic heterocycles. The average molecular weight is 398 g/mol. The Morgan fingerprint density at radius 3 is 2.66 bits per heavy atom. The summed E-state index contributed by atoms with van der Waals surface area (Å²) in [7, 11) is 0. The summed E-state index contributed by atoms with van der Waals surface area (Å²) in [5.74, 6) is -1.68. The van der Waals surface area contributed by atoms with E-state index in [-0.39, 0.29) is 35.7 Å². The van der Waals surface area contributed by atoms with Crippen molar-refractivity contribution >= 4 is 17.0 Å². The second kappa shape index (κ2) is 6.86. The topological polar surface area (TPSA) is 91.8 Å². The molecule has 3 heterocycles. The molecule has 8 heteroatoms. The molecule has 3 aliphatic carbocycles. The van der Waals surface area contributed by atoms with Crippen molar-refractivity contribution in [2.75, 3.05) is 0 Å². The fourth-order valence-electron chi connectivity index (χ4n) is 5.31. The molecule has 3 aromatic rings. The SMILES string of the molecule is O=C(O)[C@@H]1C2CCC(CC2)[C@H]1Cc1nc(-c2c[nH]c3ncc(F)cc23)ncc1F. The van der Waals surface area contributed by atoms with Gasteiger partial charge in [-0.1, -0.05) is 0 Å². The van der Waals surface area contributed by atoms with E-state index < -0.39 is 23.5 Å². The first-order chi connectivity index (χ1) is 14.0. The van der Waals surface area contributed by atoms with Crippen LogP contribution in [0.25, 0.3) is 22.4 Å². The highest BCUT2D eigenvalue weighted by Crippen LogP contribution is 2.50. The lowest BCUT2D eigenvalue weighted by molar-refractivity contribution is -0.152. The Labute approximate surface area is 165 Å². The van der Waals surface area contributed by atoms with Gasteiger partial charge in [0.15, 0.2) is 11.6 Å². The summed E-state index contributed by atoms with van der Waals surface area (Å²) in [5.41, 5.74) is 1.25. The van der Waals surface area contributed by atoms with Crippen molar-refractivity contribution in [3.63, 3.8) is 0 Å². The highest BCUT2D eigenvalue weighted by atomic mass is 19.1. The third kappa shape index (κ3) is 3.07. The molecule has 0 aromatic carbocycles. The summed E-state index contributed by atoms with van der Waals surface area (Å²) < 4.78 is 28.2. The van der Waals surface area contributed by atoms with Crippen LogP contribution < -0.4 is 0 Å². The monoisotopic (exact) mass is 398 g/mol. The molecule has 6 nitrogen and oxygen atoms in total. The molecule has 0 aliphatic heterocycles. The number of hydrogen-bond acceptors (Lipinski definition) is 4. The molecular formula is C21H20F2N4O2. The summed E-state index contributed by atoms with van der Waals surface area (Å²) in [4.78, 5) is 27.3. The van der Waals surface area contributed by atoms with E-state index in [9.17, 15) is 18.7 Å². The number of fused-ring (bicyclic) bond motifs is 4. The molecule has 3 aliphatic rings. The number of aliphatic carboxylic acids is 1. The molecule has 150 valence electrons. The zero-order valence-corrected chi connectivity index (χ0v) is 15.6. The minimum atomic E-state index is -0.794. The highest BCUT2D eigenvalue weighted by Gasteiger charge is 2.47. The molecule has 6 rings (SSSR count). The summed E-state index contributed by atoms with van der Waals surface area (Å²) in [6.07, 6.45) is 7.97. The number of aromatic amines is 1. The van der Waals surface area contributed by atoms with Gasteiger partial charge in [0.1, 0.15) is 11.5 Å². The van der Waals surface area contributed by atoms with Crippen LogP contribution in [0.4, 0.5) is 8.78 Å². The van der Waals surface area contributed by atoms with Gasteiger partial charge in [0, 0.05) is 17.1 Å². The second-order valence-corrected chi connectivity index (χ2v) is 8.15. The lowest BCUT2D eigenvalue weighted by atomic mass is 9.57. The van der Waals surface area contributed by atoms with Gasteiger partial charge in [-0.15, -0.1) is 0 Å². The Balaban J connectivity index is 1.51.